The van der Waals surface area contributed by atoms with E-state index in [2.05, 4.69) is 11.1 Å². The molecule has 1 amide bonds. The first-order chi connectivity index (χ1) is 15.2. The zero-order valence-corrected chi connectivity index (χ0v) is 18.0. The highest BCUT2D eigenvalue weighted by Gasteiger charge is 2.28. The molecule has 0 aliphatic rings. The summed E-state index contributed by atoms with van der Waals surface area (Å²) in [7, 11) is 3.25. The lowest BCUT2D eigenvalue weighted by molar-refractivity contribution is 0.0717. The zero-order chi connectivity index (χ0) is 21.8. The molecule has 158 valence electrons. The summed E-state index contributed by atoms with van der Waals surface area (Å²) >= 11 is 0. The SMILES string of the molecule is CCN(C(=O)c1cccc(OC)c1)[C@H](c1ccc(OC)cc1)c1c[nH]c2ccccc12. The van der Waals surface area contributed by atoms with Crippen molar-refractivity contribution < 1.29 is 14.3 Å². The smallest absolute Gasteiger partial charge is 0.254 e. The number of hydrogen-bond donors (Lipinski definition) is 1. The van der Waals surface area contributed by atoms with Crippen LogP contribution in [0.15, 0.2) is 79.0 Å². The van der Waals surface area contributed by atoms with Crippen LogP contribution in [0.4, 0.5) is 0 Å². The molecule has 0 aliphatic carbocycles. The van der Waals surface area contributed by atoms with Gasteiger partial charge in [-0.2, -0.15) is 0 Å². The van der Waals surface area contributed by atoms with Crippen LogP contribution in [-0.2, 0) is 0 Å². The molecule has 0 spiro atoms. The van der Waals surface area contributed by atoms with Crippen LogP contribution in [0.2, 0.25) is 0 Å². The van der Waals surface area contributed by atoms with E-state index in [1.165, 1.54) is 0 Å². The van der Waals surface area contributed by atoms with Crippen molar-refractivity contribution in [2.24, 2.45) is 0 Å². The number of nitrogens with one attached hydrogen (secondary N) is 1. The van der Waals surface area contributed by atoms with Gasteiger partial charge in [0, 0.05) is 34.8 Å². The minimum Gasteiger partial charge on any atom is -0.497 e. The molecule has 1 N–H and O–H groups in total. The number of rotatable bonds is 7. The molecule has 1 aromatic heterocycles. The van der Waals surface area contributed by atoms with E-state index in [0.29, 0.717) is 17.9 Å². The number of benzene rings is 3. The van der Waals surface area contributed by atoms with Crippen molar-refractivity contribution in [2.75, 3.05) is 20.8 Å². The average Bonchev–Trinajstić information content (AvgIpc) is 3.26. The van der Waals surface area contributed by atoms with Crippen LogP contribution in [0.1, 0.15) is 34.5 Å². The quantitative estimate of drug-likeness (QED) is 0.438. The third kappa shape index (κ3) is 3.99. The van der Waals surface area contributed by atoms with Gasteiger partial charge in [-0.25, -0.2) is 0 Å². The standard InChI is InChI=1S/C26H26N2O3/c1-4-28(26(29)19-8-7-9-21(16-19)31-3)25(18-12-14-20(30-2)15-13-18)23-17-27-24-11-6-5-10-22(23)24/h5-17,25,27H,4H2,1-3H3/t25-/m1/s1. The van der Waals surface area contributed by atoms with Gasteiger partial charge in [0.15, 0.2) is 0 Å². The Hall–Kier alpha value is -3.73. The van der Waals surface area contributed by atoms with Crippen LogP contribution in [0.25, 0.3) is 10.9 Å². The number of para-hydroxylation sites is 1. The van der Waals surface area contributed by atoms with E-state index in [1.54, 1.807) is 20.3 Å². The number of fused-ring (bicyclic) bond motifs is 1. The molecule has 0 saturated carbocycles. The van der Waals surface area contributed by atoms with Gasteiger partial charge in [-0.05, 0) is 48.9 Å². The average molecular weight is 415 g/mol. The second-order valence-electron chi connectivity index (χ2n) is 7.29. The lowest BCUT2D eigenvalue weighted by atomic mass is 9.95. The number of hydrogen-bond acceptors (Lipinski definition) is 3. The van der Waals surface area contributed by atoms with E-state index in [9.17, 15) is 4.79 Å². The van der Waals surface area contributed by atoms with E-state index in [0.717, 1.165) is 27.8 Å². The summed E-state index contributed by atoms with van der Waals surface area (Å²) in [5.41, 5.74) is 3.71. The van der Waals surface area contributed by atoms with E-state index in [-0.39, 0.29) is 11.9 Å². The summed E-state index contributed by atoms with van der Waals surface area (Å²) in [6.45, 7) is 2.55. The molecule has 1 atom stereocenters. The Labute approximate surface area is 182 Å². The lowest BCUT2D eigenvalue weighted by Gasteiger charge is -2.31. The van der Waals surface area contributed by atoms with Gasteiger partial charge in [-0.3, -0.25) is 4.79 Å². The van der Waals surface area contributed by atoms with Gasteiger partial charge in [-0.1, -0.05) is 36.4 Å². The summed E-state index contributed by atoms with van der Waals surface area (Å²) in [4.78, 5) is 18.9. The van der Waals surface area contributed by atoms with Crippen LogP contribution < -0.4 is 9.47 Å². The van der Waals surface area contributed by atoms with Gasteiger partial charge in [0.2, 0.25) is 0 Å². The van der Waals surface area contributed by atoms with Gasteiger partial charge in [0.05, 0.1) is 20.3 Å². The molecular formula is C26H26N2O3. The number of aromatic nitrogens is 1. The monoisotopic (exact) mass is 414 g/mol. The van der Waals surface area contributed by atoms with Gasteiger partial charge >= 0.3 is 0 Å². The topological polar surface area (TPSA) is 54.6 Å². The Balaban J connectivity index is 1.84. The van der Waals surface area contributed by atoms with E-state index >= 15 is 0 Å². The Kier molecular flexibility index (Phi) is 5.94. The number of aromatic amines is 1. The summed E-state index contributed by atoms with van der Waals surface area (Å²) in [6, 6.07) is 23.1. The van der Waals surface area contributed by atoms with Crippen LogP contribution in [0, 0.1) is 0 Å². The third-order valence-electron chi connectivity index (χ3n) is 5.58. The van der Waals surface area contributed by atoms with Crippen LogP contribution in [-0.4, -0.2) is 36.6 Å². The summed E-state index contributed by atoms with van der Waals surface area (Å²) in [6.07, 6.45) is 2.00. The fourth-order valence-electron chi connectivity index (χ4n) is 4.00. The molecule has 1 heterocycles. The number of methoxy groups -OCH3 is 2. The second kappa shape index (κ2) is 8.96. The maximum absolute atomic E-state index is 13.6. The first kappa shape index (κ1) is 20.5. The second-order valence-corrected chi connectivity index (χ2v) is 7.29. The summed E-state index contributed by atoms with van der Waals surface area (Å²) in [5.74, 6) is 1.39. The number of ether oxygens (including phenoxy) is 2. The largest absolute Gasteiger partial charge is 0.497 e. The summed E-state index contributed by atoms with van der Waals surface area (Å²) in [5, 5.41) is 1.10. The lowest BCUT2D eigenvalue weighted by Crippen LogP contribution is -2.35. The highest BCUT2D eigenvalue weighted by molar-refractivity contribution is 5.96. The summed E-state index contributed by atoms with van der Waals surface area (Å²) < 4.78 is 10.7. The zero-order valence-electron chi connectivity index (χ0n) is 18.0. The van der Waals surface area contributed by atoms with Crippen molar-refractivity contribution >= 4 is 16.8 Å². The van der Waals surface area contributed by atoms with Crippen LogP contribution >= 0.6 is 0 Å². The molecule has 0 radical (unpaired) electrons. The molecule has 4 rings (SSSR count). The number of amides is 1. The van der Waals surface area contributed by atoms with Crippen molar-refractivity contribution in [1.82, 2.24) is 9.88 Å². The molecular weight excluding hydrogens is 388 g/mol. The molecule has 5 heteroatoms. The van der Waals surface area contributed by atoms with E-state index in [4.69, 9.17) is 9.47 Å². The Bertz CT molecular complexity index is 1180. The fourth-order valence-corrected chi connectivity index (χ4v) is 4.00. The number of carbonyl (C=O) groups is 1. The first-order valence-corrected chi connectivity index (χ1v) is 10.3. The molecule has 0 fully saturated rings. The minimum atomic E-state index is -0.259. The van der Waals surface area contributed by atoms with Gasteiger partial charge in [0.25, 0.3) is 5.91 Å². The minimum absolute atomic E-state index is 0.0486. The van der Waals surface area contributed by atoms with Gasteiger partial charge in [-0.15, -0.1) is 0 Å². The van der Waals surface area contributed by atoms with Crippen molar-refractivity contribution in [3.63, 3.8) is 0 Å². The molecule has 0 unspecified atom stereocenters. The van der Waals surface area contributed by atoms with Crippen molar-refractivity contribution in [2.45, 2.75) is 13.0 Å². The highest BCUT2D eigenvalue weighted by atomic mass is 16.5. The maximum Gasteiger partial charge on any atom is 0.254 e. The molecule has 5 nitrogen and oxygen atoms in total. The van der Waals surface area contributed by atoms with Crippen molar-refractivity contribution in [3.05, 3.63) is 95.7 Å². The van der Waals surface area contributed by atoms with E-state index in [1.807, 2.05) is 78.7 Å². The Morgan fingerprint density at radius 2 is 1.68 bits per heavy atom. The number of nitrogens with zero attached hydrogens (tertiary/aromatic N) is 1. The molecule has 31 heavy (non-hydrogen) atoms. The Morgan fingerprint density at radius 1 is 0.935 bits per heavy atom. The van der Waals surface area contributed by atoms with Crippen LogP contribution in [0.5, 0.6) is 11.5 Å². The van der Waals surface area contributed by atoms with E-state index < -0.39 is 0 Å². The molecule has 4 aromatic rings. The molecule has 0 aliphatic heterocycles. The van der Waals surface area contributed by atoms with Gasteiger partial charge in [0.1, 0.15) is 11.5 Å². The maximum atomic E-state index is 13.6. The molecule has 3 aromatic carbocycles. The predicted molar refractivity (Wildman–Crippen MR) is 123 cm³/mol. The number of H-pyrrole nitrogens is 1. The fraction of sp³-hybridized carbons (Fsp3) is 0.192. The van der Waals surface area contributed by atoms with Crippen LogP contribution in [0.3, 0.4) is 0 Å². The van der Waals surface area contributed by atoms with Crippen molar-refractivity contribution in [3.8, 4) is 11.5 Å². The molecule has 0 bridgehead atoms. The molecule has 0 saturated heterocycles. The van der Waals surface area contributed by atoms with Gasteiger partial charge < -0.3 is 19.4 Å². The third-order valence-corrected chi connectivity index (χ3v) is 5.58. The Morgan fingerprint density at radius 3 is 2.39 bits per heavy atom. The highest BCUT2D eigenvalue weighted by Crippen LogP contribution is 2.35. The number of carbonyl (C=O) groups excluding carboxylic acids is 1. The predicted octanol–water partition coefficient (Wildman–Crippen LogP) is 5.44. The first-order valence-electron chi connectivity index (χ1n) is 10.3. The van der Waals surface area contributed by atoms with Crippen molar-refractivity contribution in [1.29, 1.82) is 0 Å². The normalized spacial score (nSPS) is 11.8.